The maximum absolute atomic E-state index is 9.62. The lowest BCUT2D eigenvalue weighted by Crippen LogP contribution is -2.40. The number of hydrogen-bond acceptors (Lipinski definition) is 3. The third-order valence-electron chi connectivity index (χ3n) is 4.85. The Kier molecular flexibility index (Phi) is 4.30. The van der Waals surface area contributed by atoms with Crippen LogP contribution in [0.1, 0.15) is 37.0 Å². The molecule has 2 aromatic rings. The van der Waals surface area contributed by atoms with Gasteiger partial charge in [0.2, 0.25) is 0 Å². The fraction of sp³-hybridized carbons (Fsp3) is 0.368. The van der Waals surface area contributed by atoms with Crippen LogP contribution in [0.25, 0.3) is 0 Å². The molecule has 0 aliphatic carbocycles. The number of hydrogen-bond donors (Lipinski definition) is 2. The number of phenols is 2. The molecule has 0 bridgehead atoms. The summed E-state index contributed by atoms with van der Waals surface area (Å²) < 4.78 is 0. The first-order valence-electron chi connectivity index (χ1n) is 7.94. The summed E-state index contributed by atoms with van der Waals surface area (Å²) in [4.78, 5) is 3.63. The monoisotopic (exact) mass is 330 g/mol. The lowest BCUT2D eigenvalue weighted by Gasteiger charge is -2.35. The highest BCUT2D eigenvalue weighted by atomic mass is 32.1. The van der Waals surface area contributed by atoms with Crippen molar-refractivity contribution in [2.45, 2.75) is 50.2 Å². The predicted octanol–water partition coefficient (Wildman–Crippen LogP) is 3.20. The van der Waals surface area contributed by atoms with Gasteiger partial charge in [-0.1, -0.05) is 12.1 Å². The van der Waals surface area contributed by atoms with Gasteiger partial charge in [0, 0.05) is 18.6 Å². The zero-order chi connectivity index (χ0) is 16.6. The smallest absolute Gasteiger partial charge is 0.157 e. The second-order valence-corrected chi connectivity index (χ2v) is 7.55. The molecule has 0 radical (unpaired) electrons. The Morgan fingerprint density at radius 1 is 1.00 bits per heavy atom. The van der Waals surface area contributed by atoms with Gasteiger partial charge in [-0.25, -0.2) is 0 Å². The molecule has 0 atom stereocenters. The molecular weight excluding hydrogens is 306 g/mol. The van der Waals surface area contributed by atoms with E-state index in [1.54, 1.807) is 12.1 Å². The molecule has 3 rings (SSSR count). The second kappa shape index (κ2) is 6.10. The molecule has 1 aliphatic rings. The number of fused-ring (bicyclic) bond motifs is 1. The predicted molar refractivity (Wildman–Crippen MR) is 96.3 cm³/mol. The number of phenolic OH excluding ortho intramolecular Hbond substituents is 2. The molecule has 0 aromatic heterocycles. The van der Waals surface area contributed by atoms with Crippen molar-refractivity contribution in [1.82, 2.24) is 4.90 Å². The van der Waals surface area contributed by atoms with Gasteiger partial charge in [0.15, 0.2) is 16.4 Å². The van der Waals surface area contributed by atoms with Gasteiger partial charge < -0.3 is 10.2 Å². The van der Waals surface area contributed by atoms with E-state index in [1.807, 2.05) is 6.07 Å². The van der Waals surface area contributed by atoms with Crippen LogP contribution in [0.5, 0.6) is 11.5 Å². The molecule has 3 nitrogen and oxygen atoms in total. The summed E-state index contributed by atoms with van der Waals surface area (Å²) in [5.41, 5.74) is 3.92. The van der Waals surface area contributed by atoms with Gasteiger partial charge in [-0.2, -0.15) is 0 Å². The quantitative estimate of drug-likeness (QED) is 0.668. The van der Waals surface area contributed by atoms with Crippen LogP contribution in [0, 0.1) is 0 Å². The van der Waals surface area contributed by atoms with Crippen molar-refractivity contribution in [3.8, 4) is 11.5 Å². The number of benzene rings is 2. The Morgan fingerprint density at radius 2 is 1.74 bits per heavy atom. The Bertz CT molecular complexity index is 727. The van der Waals surface area contributed by atoms with Crippen LogP contribution in [0.4, 0.5) is 0 Å². The number of nitrogens with zero attached hydrogens (tertiary/aromatic N) is 1. The lowest BCUT2D eigenvalue weighted by atomic mass is 9.93. The third-order valence-corrected chi connectivity index (χ3v) is 5.16. The van der Waals surface area contributed by atoms with E-state index in [1.165, 1.54) is 11.1 Å². The maximum Gasteiger partial charge on any atom is 0.157 e. The molecule has 2 N–H and O–H groups in total. The molecule has 2 aromatic carbocycles. The second-order valence-electron chi connectivity index (χ2n) is 6.98. The highest BCUT2D eigenvalue weighted by molar-refractivity contribution is 7.58. The molecule has 4 heteroatoms. The van der Waals surface area contributed by atoms with Crippen molar-refractivity contribution < 1.29 is 10.2 Å². The first-order valence-corrected chi connectivity index (χ1v) is 8.44. The fourth-order valence-corrected chi connectivity index (χ4v) is 3.41. The van der Waals surface area contributed by atoms with Crippen LogP contribution >= 0.6 is 0 Å². The first kappa shape index (κ1) is 16.2. The summed E-state index contributed by atoms with van der Waals surface area (Å²) in [5.74, 6) is -0.105. The standard InChI is InChI=1S/C19H23NO2S/c1-19(2,8-7-13-3-6-17(21)18(22)9-13)20-11-14-4-5-16(23)10-15(14)12-20/h3-6,9-10,21-23H,7-8,11-12H2,1-2H3/p+1. The molecule has 0 amide bonds. The minimum atomic E-state index is -0.0617. The highest BCUT2D eigenvalue weighted by Crippen LogP contribution is 2.33. The van der Waals surface area contributed by atoms with Crippen LogP contribution in [-0.2, 0) is 32.1 Å². The van der Waals surface area contributed by atoms with Gasteiger partial charge in [0.25, 0.3) is 0 Å². The number of aryl methyl sites for hydroxylation is 1. The molecule has 122 valence electrons. The van der Waals surface area contributed by atoms with Gasteiger partial charge in [0.1, 0.15) is 0 Å². The van der Waals surface area contributed by atoms with Crippen molar-refractivity contribution in [3.63, 3.8) is 0 Å². The summed E-state index contributed by atoms with van der Waals surface area (Å²) in [7, 11) is 0. The van der Waals surface area contributed by atoms with E-state index < -0.39 is 0 Å². The van der Waals surface area contributed by atoms with Crippen LogP contribution < -0.4 is 0 Å². The fourth-order valence-electron chi connectivity index (χ4n) is 3.16. The summed E-state index contributed by atoms with van der Waals surface area (Å²) in [5, 5.41) is 19.0. The summed E-state index contributed by atoms with van der Waals surface area (Å²) in [6.45, 7) is 6.50. The molecule has 0 unspecified atom stereocenters. The van der Waals surface area contributed by atoms with Gasteiger partial charge >= 0.3 is 0 Å². The zero-order valence-electron chi connectivity index (χ0n) is 13.6. The summed E-state index contributed by atoms with van der Waals surface area (Å²) >= 11 is 3.60. The van der Waals surface area contributed by atoms with Crippen molar-refractivity contribution >= 4 is 12.6 Å². The number of rotatable bonds is 4. The minimum Gasteiger partial charge on any atom is -0.504 e. The number of aromatic hydroxyl groups is 2. The first-order chi connectivity index (χ1) is 10.8. The lowest BCUT2D eigenvalue weighted by molar-refractivity contribution is 0.109. The molecule has 0 spiro atoms. The van der Waals surface area contributed by atoms with Gasteiger partial charge in [-0.05, 0) is 80.3 Å². The van der Waals surface area contributed by atoms with Crippen LogP contribution in [0.2, 0.25) is 0 Å². The topological polar surface area (TPSA) is 43.7 Å². The van der Waals surface area contributed by atoms with Crippen molar-refractivity contribution in [2.75, 3.05) is 0 Å². The average Bonchev–Trinajstić information content (AvgIpc) is 2.92. The average molecular weight is 330 g/mol. The Balaban J connectivity index is 1.67. The van der Waals surface area contributed by atoms with E-state index in [0.717, 1.165) is 36.4 Å². The molecule has 0 saturated heterocycles. The van der Waals surface area contributed by atoms with Gasteiger partial charge in [-0.15, -0.1) is 0 Å². The molecule has 1 heterocycles. The van der Waals surface area contributed by atoms with E-state index >= 15 is 0 Å². The van der Waals surface area contributed by atoms with Gasteiger partial charge in [-0.3, -0.25) is 4.90 Å². The normalized spacial score (nSPS) is 14.9. The van der Waals surface area contributed by atoms with Crippen molar-refractivity contribution in [3.05, 3.63) is 53.1 Å². The SMILES string of the molecule is CC(C)(CCc1ccc(O)c(O)c1)N1Cc2ccc([SH2+])cc2C1. The molecule has 23 heavy (non-hydrogen) atoms. The summed E-state index contributed by atoms with van der Waals surface area (Å²) in [6.07, 6.45) is 1.86. The summed E-state index contributed by atoms with van der Waals surface area (Å²) in [6, 6.07) is 11.6. The van der Waals surface area contributed by atoms with Crippen molar-refractivity contribution in [2.24, 2.45) is 0 Å². The zero-order valence-corrected chi connectivity index (χ0v) is 14.6. The van der Waals surface area contributed by atoms with Crippen molar-refractivity contribution in [1.29, 1.82) is 0 Å². The Morgan fingerprint density at radius 3 is 2.48 bits per heavy atom. The minimum absolute atomic E-state index is 0.0430. The molecule has 1 aliphatic heterocycles. The highest BCUT2D eigenvalue weighted by Gasteiger charge is 2.31. The van der Waals surface area contributed by atoms with Gasteiger partial charge in [0.05, 0.1) is 0 Å². The Hall–Kier alpha value is -1.65. The van der Waals surface area contributed by atoms with E-state index in [0.29, 0.717) is 0 Å². The maximum atomic E-state index is 9.62. The van der Waals surface area contributed by atoms with Crippen LogP contribution in [0.3, 0.4) is 0 Å². The Labute approximate surface area is 143 Å². The largest absolute Gasteiger partial charge is 0.504 e. The molecular formula is C19H24NO2S+. The van der Waals surface area contributed by atoms with E-state index in [9.17, 15) is 10.2 Å². The van der Waals surface area contributed by atoms with Crippen LogP contribution in [0.15, 0.2) is 41.3 Å². The molecule has 0 fully saturated rings. The third kappa shape index (κ3) is 3.48. The molecule has 0 saturated carbocycles. The van der Waals surface area contributed by atoms with E-state index in [4.69, 9.17) is 0 Å². The van der Waals surface area contributed by atoms with E-state index in [2.05, 4.69) is 49.6 Å². The van der Waals surface area contributed by atoms with E-state index in [-0.39, 0.29) is 17.0 Å². The van der Waals surface area contributed by atoms with Crippen LogP contribution in [-0.4, -0.2) is 20.7 Å².